The van der Waals surface area contributed by atoms with E-state index in [2.05, 4.69) is 0 Å². The third kappa shape index (κ3) is 2.62. The summed E-state index contributed by atoms with van der Waals surface area (Å²) in [4.78, 5) is 25.3. The monoisotopic (exact) mass is 261 g/mol. The standard InChI is InChI=1S/C15H19NO3/c1-15(2,3)14(19)16-9-11-7-5-4-6-10(11)8-12(16)13(17)18/h4-7,12H,8-9H2,1-3H3,(H,17,18)/t12-/m0/s1. The van der Waals surface area contributed by atoms with E-state index in [1.807, 2.05) is 45.0 Å². The van der Waals surface area contributed by atoms with Crippen molar-refractivity contribution in [1.29, 1.82) is 0 Å². The summed E-state index contributed by atoms with van der Waals surface area (Å²) in [6.07, 6.45) is 0.382. The lowest BCUT2D eigenvalue weighted by atomic mass is 9.89. The minimum Gasteiger partial charge on any atom is -0.480 e. The second kappa shape index (κ2) is 4.68. The van der Waals surface area contributed by atoms with Crippen molar-refractivity contribution in [2.45, 2.75) is 39.8 Å². The highest BCUT2D eigenvalue weighted by atomic mass is 16.4. The van der Waals surface area contributed by atoms with E-state index in [4.69, 9.17) is 0 Å². The third-order valence-electron chi connectivity index (χ3n) is 3.44. The number of carbonyl (C=O) groups is 2. The van der Waals surface area contributed by atoms with Crippen LogP contribution in [0, 0.1) is 5.41 Å². The van der Waals surface area contributed by atoms with E-state index in [1.54, 1.807) is 0 Å². The normalized spacial score (nSPS) is 18.9. The molecule has 0 saturated heterocycles. The number of amides is 1. The van der Waals surface area contributed by atoms with Crippen molar-refractivity contribution in [2.75, 3.05) is 0 Å². The molecule has 1 atom stereocenters. The van der Waals surface area contributed by atoms with Gasteiger partial charge in [0.2, 0.25) is 5.91 Å². The van der Waals surface area contributed by atoms with Crippen molar-refractivity contribution in [1.82, 2.24) is 4.90 Å². The predicted molar refractivity (Wildman–Crippen MR) is 71.6 cm³/mol. The second-order valence-corrected chi connectivity index (χ2v) is 6.01. The molecule has 0 fully saturated rings. The van der Waals surface area contributed by atoms with Gasteiger partial charge in [0, 0.05) is 18.4 Å². The van der Waals surface area contributed by atoms with E-state index in [-0.39, 0.29) is 5.91 Å². The minimum absolute atomic E-state index is 0.116. The zero-order valence-corrected chi connectivity index (χ0v) is 11.5. The van der Waals surface area contributed by atoms with Crippen LogP contribution in [0.2, 0.25) is 0 Å². The van der Waals surface area contributed by atoms with Crippen LogP contribution in [-0.4, -0.2) is 27.9 Å². The molecule has 0 bridgehead atoms. The Morgan fingerprint density at radius 3 is 2.32 bits per heavy atom. The smallest absolute Gasteiger partial charge is 0.326 e. The number of carboxylic acid groups (broad SMARTS) is 1. The van der Waals surface area contributed by atoms with Gasteiger partial charge in [-0.3, -0.25) is 4.79 Å². The molecular formula is C15H19NO3. The van der Waals surface area contributed by atoms with Crippen LogP contribution >= 0.6 is 0 Å². The number of nitrogens with zero attached hydrogens (tertiary/aromatic N) is 1. The third-order valence-corrected chi connectivity index (χ3v) is 3.44. The van der Waals surface area contributed by atoms with Crippen molar-refractivity contribution in [2.24, 2.45) is 5.41 Å². The van der Waals surface area contributed by atoms with Gasteiger partial charge in [-0.1, -0.05) is 45.0 Å². The molecule has 4 heteroatoms. The zero-order valence-electron chi connectivity index (χ0n) is 11.5. The lowest BCUT2D eigenvalue weighted by Crippen LogP contribution is -2.52. The maximum atomic E-state index is 12.4. The van der Waals surface area contributed by atoms with Crippen molar-refractivity contribution in [3.05, 3.63) is 35.4 Å². The van der Waals surface area contributed by atoms with Gasteiger partial charge >= 0.3 is 5.97 Å². The SMILES string of the molecule is CC(C)(C)C(=O)N1Cc2ccccc2C[C@H]1C(=O)O. The number of benzene rings is 1. The molecule has 0 radical (unpaired) electrons. The molecule has 1 aromatic carbocycles. The number of rotatable bonds is 1. The van der Waals surface area contributed by atoms with Crippen LogP contribution < -0.4 is 0 Å². The second-order valence-electron chi connectivity index (χ2n) is 6.01. The summed E-state index contributed by atoms with van der Waals surface area (Å²) in [7, 11) is 0. The summed E-state index contributed by atoms with van der Waals surface area (Å²) < 4.78 is 0. The van der Waals surface area contributed by atoms with Gasteiger partial charge in [-0.05, 0) is 11.1 Å². The first kappa shape index (κ1) is 13.6. The average Bonchev–Trinajstić information content (AvgIpc) is 2.35. The van der Waals surface area contributed by atoms with Crippen LogP contribution in [0.4, 0.5) is 0 Å². The summed E-state index contributed by atoms with van der Waals surface area (Å²) >= 11 is 0. The molecule has 2 rings (SSSR count). The number of carboxylic acids is 1. The summed E-state index contributed by atoms with van der Waals surface area (Å²) in [6, 6.07) is 6.95. The van der Waals surface area contributed by atoms with E-state index in [9.17, 15) is 14.7 Å². The van der Waals surface area contributed by atoms with Gasteiger partial charge in [-0.2, -0.15) is 0 Å². The number of aliphatic carboxylic acids is 1. The molecule has 0 saturated carbocycles. The number of hydrogen-bond acceptors (Lipinski definition) is 2. The van der Waals surface area contributed by atoms with Crippen LogP contribution in [0.1, 0.15) is 31.9 Å². The summed E-state index contributed by atoms with van der Waals surface area (Å²) in [5.74, 6) is -1.05. The summed E-state index contributed by atoms with van der Waals surface area (Å²) in [5, 5.41) is 9.35. The Morgan fingerprint density at radius 2 is 1.79 bits per heavy atom. The van der Waals surface area contributed by atoms with Gasteiger partial charge in [-0.25, -0.2) is 4.79 Å². The molecule has 1 aliphatic heterocycles. The van der Waals surface area contributed by atoms with Gasteiger partial charge in [0.15, 0.2) is 0 Å². The molecule has 1 heterocycles. The molecule has 4 nitrogen and oxygen atoms in total. The van der Waals surface area contributed by atoms with Gasteiger partial charge in [0.25, 0.3) is 0 Å². The van der Waals surface area contributed by atoms with Crippen LogP contribution in [0.5, 0.6) is 0 Å². The molecule has 0 aliphatic carbocycles. The van der Waals surface area contributed by atoms with Crippen molar-refractivity contribution >= 4 is 11.9 Å². The molecular weight excluding hydrogens is 242 g/mol. The fourth-order valence-electron chi connectivity index (χ4n) is 2.39. The van der Waals surface area contributed by atoms with E-state index >= 15 is 0 Å². The quantitative estimate of drug-likeness (QED) is 0.842. The number of carbonyl (C=O) groups excluding carboxylic acids is 1. The molecule has 19 heavy (non-hydrogen) atoms. The zero-order chi connectivity index (χ0) is 14.2. The minimum atomic E-state index is -0.938. The molecule has 1 amide bonds. The molecule has 1 aliphatic rings. The highest BCUT2D eigenvalue weighted by molar-refractivity contribution is 5.87. The van der Waals surface area contributed by atoms with E-state index < -0.39 is 17.4 Å². The largest absolute Gasteiger partial charge is 0.480 e. The van der Waals surface area contributed by atoms with Crippen molar-refractivity contribution in [3.63, 3.8) is 0 Å². The Bertz CT molecular complexity index is 516. The summed E-state index contributed by atoms with van der Waals surface area (Å²) in [5.41, 5.74) is 1.49. The maximum Gasteiger partial charge on any atom is 0.326 e. The fourth-order valence-corrected chi connectivity index (χ4v) is 2.39. The fraction of sp³-hybridized carbons (Fsp3) is 0.467. The van der Waals surface area contributed by atoms with Gasteiger partial charge < -0.3 is 10.0 Å². The summed E-state index contributed by atoms with van der Waals surface area (Å²) in [6.45, 7) is 5.82. The Balaban J connectivity index is 2.37. The van der Waals surface area contributed by atoms with Crippen LogP contribution in [0.25, 0.3) is 0 Å². The Hall–Kier alpha value is -1.84. The lowest BCUT2D eigenvalue weighted by molar-refractivity contribution is -0.155. The van der Waals surface area contributed by atoms with Crippen LogP contribution in [0.15, 0.2) is 24.3 Å². The highest BCUT2D eigenvalue weighted by Gasteiger charge is 2.38. The Kier molecular flexibility index (Phi) is 3.35. The molecule has 102 valence electrons. The van der Waals surface area contributed by atoms with E-state index in [0.29, 0.717) is 13.0 Å². The highest BCUT2D eigenvalue weighted by Crippen LogP contribution is 2.28. The first-order valence-corrected chi connectivity index (χ1v) is 6.41. The van der Waals surface area contributed by atoms with Gasteiger partial charge in [0.05, 0.1) is 0 Å². The van der Waals surface area contributed by atoms with Crippen LogP contribution in [-0.2, 0) is 22.6 Å². The Labute approximate surface area is 113 Å². The molecule has 0 spiro atoms. The first-order chi connectivity index (χ1) is 8.80. The van der Waals surface area contributed by atoms with E-state index in [0.717, 1.165) is 11.1 Å². The predicted octanol–water partition coefficient (Wildman–Crippen LogP) is 2.07. The number of hydrogen-bond donors (Lipinski definition) is 1. The molecule has 0 unspecified atom stereocenters. The van der Waals surface area contributed by atoms with Gasteiger partial charge in [0.1, 0.15) is 6.04 Å². The topological polar surface area (TPSA) is 57.6 Å². The Morgan fingerprint density at radius 1 is 1.21 bits per heavy atom. The van der Waals surface area contributed by atoms with Crippen molar-refractivity contribution < 1.29 is 14.7 Å². The van der Waals surface area contributed by atoms with E-state index in [1.165, 1.54) is 4.90 Å². The van der Waals surface area contributed by atoms with Gasteiger partial charge in [-0.15, -0.1) is 0 Å². The lowest BCUT2D eigenvalue weighted by Gasteiger charge is -2.38. The molecule has 1 N–H and O–H groups in total. The first-order valence-electron chi connectivity index (χ1n) is 6.41. The maximum absolute atomic E-state index is 12.4. The molecule has 1 aromatic rings. The van der Waals surface area contributed by atoms with Crippen molar-refractivity contribution in [3.8, 4) is 0 Å². The van der Waals surface area contributed by atoms with Crippen LogP contribution in [0.3, 0.4) is 0 Å². The molecule has 0 aromatic heterocycles. The average molecular weight is 261 g/mol. The number of fused-ring (bicyclic) bond motifs is 1.